The molecule has 0 aliphatic heterocycles. The Balaban J connectivity index is 1.50. The van der Waals surface area contributed by atoms with Crippen molar-refractivity contribution in [2.24, 2.45) is 0 Å². The van der Waals surface area contributed by atoms with Gasteiger partial charge in [-0.25, -0.2) is 0 Å². The van der Waals surface area contributed by atoms with Crippen molar-refractivity contribution in [2.45, 2.75) is 88.3 Å². The summed E-state index contributed by atoms with van der Waals surface area (Å²) in [5.74, 6) is 0. The smallest absolute Gasteiger partial charge is 0.130 e. The van der Waals surface area contributed by atoms with Gasteiger partial charge >= 0.3 is 0 Å². The highest BCUT2D eigenvalue weighted by atomic mass is 16.5. The molecule has 4 aliphatic carbocycles. The second-order valence-electron chi connectivity index (χ2n) is 8.70. The molecule has 0 atom stereocenters. The molecular weight excluding hydrogens is 336 g/mol. The maximum absolute atomic E-state index is 11.6. The minimum atomic E-state index is -0.970. The van der Waals surface area contributed by atoms with Crippen molar-refractivity contribution in [3.8, 4) is 0 Å². The zero-order valence-electron chi connectivity index (χ0n) is 16.5. The molecule has 0 fully saturated rings. The highest BCUT2D eigenvalue weighted by Gasteiger charge is 2.41. The van der Waals surface area contributed by atoms with Gasteiger partial charge in [-0.1, -0.05) is 24.3 Å². The molecule has 4 aliphatic rings. The molecule has 0 aromatic carbocycles. The van der Waals surface area contributed by atoms with E-state index in [1.54, 1.807) is 0 Å². The van der Waals surface area contributed by atoms with Crippen LogP contribution in [0.3, 0.4) is 0 Å². The summed E-state index contributed by atoms with van der Waals surface area (Å²) in [7, 11) is 0. The van der Waals surface area contributed by atoms with E-state index in [9.17, 15) is 10.2 Å². The summed E-state index contributed by atoms with van der Waals surface area (Å²) in [6, 6.07) is 0. The Kier molecular flexibility index (Phi) is 5.73. The van der Waals surface area contributed by atoms with Crippen LogP contribution in [0.15, 0.2) is 46.6 Å². The van der Waals surface area contributed by atoms with Crippen molar-refractivity contribution in [3.05, 3.63) is 46.6 Å². The van der Waals surface area contributed by atoms with Gasteiger partial charge in [-0.2, -0.15) is 0 Å². The first kappa shape index (κ1) is 19.2. The summed E-state index contributed by atoms with van der Waals surface area (Å²) >= 11 is 0. The second-order valence-corrected chi connectivity index (χ2v) is 8.70. The van der Waals surface area contributed by atoms with Crippen LogP contribution in [0.4, 0.5) is 0 Å². The van der Waals surface area contributed by atoms with Gasteiger partial charge in [0.2, 0.25) is 0 Å². The predicted octanol–water partition coefficient (Wildman–Crippen LogP) is 4.91. The highest BCUT2D eigenvalue weighted by Crippen LogP contribution is 2.41. The van der Waals surface area contributed by atoms with Crippen molar-refractivity contribution in [1.82, 2.24) is 0 Å². The third-order valence-electron chi connectivity index (χ3n) is 6.91. The van der Waals surface area contributed by atoms with E-state index in [0.717, 1.165) is 99.3 Å². The maximum Gasteiger partial charge on any atom is 0.130 e. The standard InChI is InChI=1S/C24H34O3/c25-23(19-9-1-2-10-19,20-11-3-4-12-20)17-27-18-24(26,21-13-5-6-14-21)22-15-7-8-16-22/h9,11,13,15,25-26H,1-8,10,12,14,16-18H2. The Morgan fingerprint density at radius 1 is 0.593 bits per heavy atom. The Bertz CT molecular complexity index is 574. The van der Waals surface area contributed by atoms with E-state index in [1.165, 1.54) is 0 Å². The molecule has 0 unspecified atom stereocenters. The molecule has 148 valence electrons. The Morgan fingerprint density at radius 2 is 0.889 bits per heavy atom. The zero-order chi connectivity index (χ0) is 18.7. The summed E-state index contributed by atoms with van der Waals surface area (Å²) in [5.41, 5.74) is 2.56. The fourth-order valence-electron chi connectivity index (χ4n) is 5.32. The highest BCUT2D eigenvalue weighted by molar-refractivity contribution is 5.38. The van der Waals surface area contributed by atoms with Crippen LogP contribution in [0.25, 0.3) is 0 Å². The normalized spacial score (nSPS) is 23.5. The number of ether oxygens (including phenoxy) is 1. The van der Waals surface area contributed by atoms with E-state index in [1.807, 2.05) is 0 Å². The van der Waals surface area contributed by atoms with E-state index in [0.29, 0.717) is 0 Å². The fourth-order valence-corrected chi connectivity index (χ4v) is 5.32. The minimum Gasteiger partial charge on any atom is -0.379 e. The summed E-state index contributed by atoms with van der Waals surface area (Å²) in [4.78, 5) is 0. The molecule has 0 amide bonds. The van der Waals surface area contributed by atoms with E-state index in [4.69, 9.17) is 4.74 Å². The number of aliphatic hydroxyl groups is 2. The van der Waals surface area contributed by atoms with Gasteiger partial charge in [0.25, 0.3) is 0 Å². The molecule has 27 heavy (non-hydrogen) atoms. The molecule has 3 nitrogen and oxygen atoms in total. The SMILES string of the molecule is OC(COCC(O)(C1=CCCC1)C1=CCCC1)(C1=CCCC1)C1=CCCC1. The van der Waals surface area contributed by atoms with E-state index in [-0.39, 0.29) is 13.2 Å². The summed E-state index contributed by atoms with van der Waals surface area (Å²) in [5, 5.41) is 23.1. The molecular formula is C24H34O3. The van der Waals surface area contributed by atoms with Crippen molar-refractivity contribution < 1.29 is 14.9 Å². The molecule has 0 bridgehead atoms. The van der Waals surface area contributed by atoms with Crippen LogP contribution in [0.2, 0.25) is 0 Å². The van der Waals surface area contributed by atoms with Crippen LogP contribution in [-0.2, 0) is 4.74 Å². The first-order valence-corrected chi connectivity index (χ1v) is 10.9. The van der Waals surface area contributed by atoms with Gasteiger partial charge in [-0.3, -0.25) is 0 Å². The number of hydrogen-bond acceptors (Lipinski definition) is 3. The lowest BCUT2D eigenvalue weighted by molar-refractivity contribution is -0.0490. The Labute approximate surface area is 163 Å². The molecule has 4 rings (SSSR count). The third kappa shape index (κ3) is 3.74. The lowest BCUT2D eigenvalue weighted by atomic mass is 9.84. The topological polar surface area (TPSA) is 49.7 Å². The van der Waals surface area contributed by atoms with Crippen molar-refractivity contribution in [3.63, 3.8) is 0 Å². The third-order valence-corrected chi connectivity index (χ3v) is 6.91. The minimum absolute atomic E-state index is 0.257. The molecule has 2 N–H and O–H groups in total. The van der Waals surface area contributed by atoms with Gasteiger partial charge in [0.1, 0.15) is 11.2 Å². The molecule has 0 saturated heterocycles. The first-order chi connectivity index (χ1) is 13.1. The molecule has 0 aromatic heterocycles. The number of hydrogen-bond donors (Lipinski definition) is 2. The van der Waals surface area contributed by atoms with Gasteiger partial charge in [-0.15, -0.1) is 0 Å². The van der Waals surface area contributed by atoms with Crippen LogP contribution in [0, 0.1) is 0 Å². The molecule has 0 radical (unpaired) electrons. The average Bonchev–Trinajstić information content (AvgIpc) is 3.48. The van der Waals surface area contributed by atoms with Crippen LogP contribution < -0.4 is 0 Å². The molecule has 0 spiro atoms. The average molecular weight is 371 g/mol. The summed E-state index contributed by atoms with van der Waals surface area (Å²) in [6.07, 6.45) is 21.3. The van der Waals surface area contributed by atoms with E-state index < -0.39 is 11.2 Å². The molecule has 0 aromatic rings. The van der Waals surface area contributed by atoms with E-state index >= 15 is 0 Å². The summed E-state index contributed by atoms with van der Waals surface area (Å²) < 4.78 is 6.15. The largest absolute Gasteiger partial charge is 0.379 e. The van der Waals surface area contributed by atoms with Crippen LogP contribution >= 0.6 is 0 Å². The number of rotatable bonds is 8. The van der Waals surface area contributed by atoms with Crippen LogP contribution in [0.1, 0.15) is 77.0 Å². The lowest BCUT2D eigenvalue weighted by Gasteiger charge is -2.35. The van der Waals surface area contributed by atoms with Crippen LogP contribution in [0.5, 0.6) is 0 Å². The lowest BCUT2D eigenvalue weighted by Crippen LogP contribution is -2.43. The maximum atomic E-state index is 11.6. The van der Waals surface area contributed by atoms with Crippen molar-refractivity contribution >= 4 is 0 Å². The predicted molar refractivity (Wildman–Crippen MR) is 108 cm³/mol. The van der Waals surface area contributed by atoms with Gasteiger partial charge in [0.15, 0.2) is 0 Å². The monoisotopic (exact) mass is 370 g/mol. The zero-order valence-corrected chi connectivity index (χ0v) is 16.5. The van der Waals surface area contributed by atoms with Gasteiger partial charge in [-0.05, 0) is 99.3 Å². The van der Waals surface area contributed by atoms with E-state index in [2.05, 4.69) is 24.3 Å². The second kappa shape index (κ2) is 8.06. The quantitative estimate of drug-likeness (QED) is 0.597. The Morgan fingerprint density at radius 3 is 1.11 bits per heavy atom. The van der Waals surface area contributed by atoms with Crippen LogP contribution in [-0.4, -0.2) is 34.6 Å². The molecule has 0 saturated carbocycles. The molecule has 0 heterocycles. The van der Waals surface area contributed by atoms with Crippen molar-refractivity contribution in [1.29, 1.82) is 0 Å². The Hall–Kier alpha value is -1.16. The van der Waals surface area contributed by atoms with Gasteiger partial charge < -0.3 is 14.9 Å². The first-order valence-electron chi connectivity index (χ1n) is 10.9. The fraction of sp³-hybridized carbons (Fsp3) is 0.667. The summed E-state index contributed by atoms with van der Waals surface area (Å²) in [6.45, 7) is 0.515. The molecule has 3 heteroatoms. The van der Waals surface area contributed by atoms with Gasteiger partial charge in [0, 0.05) is 0 Å². The number of allylic oxidation sites excluding steroid dienone is 4. The van der Waals surface area contributed by atoms with Crippen molar-refractivity contribution in [2.75, 3.05) is 13.2 Å². The van der Waals surface area contributed by atoms with Gasteiger partial charge in [0.05, 0.1) is 13.2 Å².